The summed E-state index contributed by atoms with van der Waals surface area (Å²) in [6.45, 7) is 4.89. The van der Waals surface area contributed by atoms with E-state index in [0.717, 1.165) is 70.6 Å². The van der Waals surface area contributed by atoms with Crippen molar-refractivity contribution in [2.45, 2.75) is 283 Å². The fourth-order valence-electron chi connectivity index (χ4n) is 7.79. The monoisotopic (exact) mass is 818 g/mol. The summed E-state index contributed by atoms with van der Waals surface area (Å²) in [6.07, 6.45) is 55.6. The van der Waals surface area contributed by atoms with E-state index in [1.54, 1.807) is 0 Å². The highest BCUT2D eigenvalue weighted by Gasteiger charge is 2.20. The number of allylic oxidation sites excluding steroid dienone is 4. The van der Waals surface area contributed by atoms with E-state index < -0.39 is 12.1 Å². The van der Waals surface area contributed by atoms with Crippen LogP contribution in [0.3, 0.4) is 0 Å². The van der Waals surface area contributed by atoms with Crippen LogP contribution in [0.15, 0.2) is 24.3 Å². The van der Waals surface area contributed by atoms with Crippen LogP contribution in [0, 0.1) is 0 Å². The molecule has 0 bridgehead atoms. The Labute approximate surface area is 361 Å². The summed E-state index contributed by atoms with van der Waals surface area (Å²) in [7, 11) is 0. The molecule has 6 nitrogen and oxygen atoms in total. The Morgan fingerprint density at radius 1 is 0.483 bits per heavy atom. The predicted octanol–water partition coefficient (Wildman–Crippen LogP) is 15.1. The Bertz CT molecular complexity index is 904. The number of carbonyl (C=O) groups is 2. The Kier molecular flexibility index (Phi) is 46.6. The van der Waals surface area contributed by atoms with Gasteiger partial charge in [-0.2, -0.15) is 0 Å². The molecule has 0 spiro atoms. The van der Waals surface area contributed by atoms with Crippen LogP contribution in [0.2, 0.25) is 0 Å². The lowest BCUT2D eigenvalue weighted by Crippen LogP contribution is -2.45. The number of rotatable bonds is 47. The zero-order valence-corrected chi connectivity index (χ0v) is 38.8. The van der Waals surface area contributed by atoms with Gasteiger partial charge in [0.2, 0.25) is 5.91 Å². The first kappa shape index (κ1) is 56.3. The van der Waals surface area contributed by atoms with Crippen molar-refractivity contribution in [1.82, 2.24) is 5.32 Å². The Hall–Kier alpha value is -1.66. The van der Waals surface area contributed by atoms with Gasteiger partial charge < -0.3 is 20.3 Å². The molecule has 2 atom stereocenters. The number of carbonyl (C=O) groups excluding carboxylic acids is 2. The molecule has 0 radical (unpaired) electrons. The van der Waals surface area contributed by atoms with Gasteiger partial charge in [-0.25, -0.2) is 0 Å². The van der Waals surface area contributed by atoms with Gasteiger partial charge in [0.25, 0.3) is 0 Å². The lowest BCUT2D eigenvalue weighted by atomic mass is 10.0. The molecule has 2 unspecified atom stereocenters. The molecule has 0 aliphatic heterocycles. The lowest BCUT2D eigenvalue weighted by molar-refractivity contribution is -0.143. The normalized spacial score (nSPS) is 12.8. The topological polar surface area (TPSA) is 95.9 Å². The second-order valence-corrected chi connectivity index (χ2v) is 17.5. The Morgan fingerprint density at radius 3 is 1.33 bits per heavy atom. The minimum atomic E-state index is -0.674. The SMILES string of the molecule is CCCCCC/C=C\C/C=C\CCCCCCCC(=O)OCCCCCCCCCCCCCCC(=O)NC(CO)C(O)CCCCCCCCCCCCCCC. The molecule has 0 aromatic rings. The van der Waals surface area contributed by atoms with Gasteiger partial charge >= 0.3 is 5.97 Å². The summed E-state index contributed by atoms with van der Waals surface area (Å²) in [6, 6.07) is -0.553. The third kappa shape index (κ3) is 43.9. The maximum atomic E-state index is 12.4. The molecule has 0 saturated carbocycles. The second-order valence-electron chi connectivity index (χ2n) is 17.5. The third-order valence-electron chi connectivity index (χ3n) is 11.8. The first-order valence-electron chi connectivity index (χ1n) is 25.6. The zero-order valence-electron chi connectivity index (χ0n) is 38.8. The van der Waals surface area contributed by atoms with Crippen LogP contribution >= 0.6 is 0 Å². The molecule has 0 aromatic carbocycles. The molecule has 0 heterocycles. The third-order valence-corrected chi connectivity index (χ3v) is 11.8. The first-order valence-corrected chi connectivity index (χ1v) is 25.6. The molecular weight excluding hydrogens is 719 g/mol. The average molecular weight is 818 g/mol. The molecule has 0 saturated heterocycles. The summed E-state index contributed by atoms with van der Waals surface area (Å²) in [5.41, 5.74) is 0. The van der Waals surface area contributed by atoms with Crippen LogP contribution in [0.4, 0.5) is 0 Å². The van der Waals surface area contributed by atoms with Crippen molar-refractivity contribution in [3.63, 3.8) is 0 Å². The molecule has 3 N–H and O–H groups in total. The fourth-order valence-corrected chi connectivity index (χ4v) is 7.79. The minimum Gasteiger partial charge on any atom is -0.466 e. The number of ether oxygens (including phenoxy) is 1. The van der Waals surface area contributed by atoms with Gasteiger partial charge in [0.15, 0.2) is 0 Å². The van der Waals surface area contributed by atoms with Crippen molar-refractivity contribution in [2.75, 3.05) is 13.2 Å². The largest absolute Gasteiger partial charge is 0.466 e. The van der Waals surface area contributed by atoms with E-state index in [2.05, 4.69) is 43.5 Å². The van der Waals surface area contributed by atoms with Crippen LogP contribution in [0.25, 0.3) is 0 Å². The summed E-state index contributed by atoms with van der Waals surface area (Å²) in [4.78, 5) is 24.5. The van der Waals surface area contributed by atoms with E-state index in [-0.39, 0.29) is 18.5 Å². The average Bonchev–Trinajstić information content (AvgIpc) is 3.22. The highest BCUT2D eigenvalue weighted by Crippen LogP contribution is 2.16. The summed E-state index contributed by atoms with van der Waals surface area (Å²) in [5, 5.41) is 23.2. The predicted molar refractivity (Wildman–Crippen MR) is 250 cm³/mol. The number of hydrogen-bond acceptors (Lipinski definition) is 5. The molecule has 6 heteroatoms. The maximum absolute atomic E-state index is 12.4. The smallest absolute Gasteiger partial charge is 0.305 e. The number of aliphatic hydroxyl groups excluding tert-OH is 2. The number of hydrogen-bond donors (Lipinski definition) is 3. The van der Waals surface area contributed by atoms with Crippen LogP contribution in [0.1, 0.15) is 271 Å². The molecular formula is C52H99NO5. The number of unbranched alkanes of at least 4 members (excludes halogenated alkanes) is 32. The molecule has 0 rings (SSSR count). The zero-order chi connectivity index (χ0) is 42.3. The van der Waals surface area contributed by atoms with Gasteiger partial charge in [-0.1, -0.05) is 224 Å². The number of amides is 1. The van der Waals surface area contributed by atoms with E-state index in [0.29, 0.717) is 25.9 Å². The van der Waals surface area contributed by atoms with Crippen molar-refractivity contribution in [2.24, 2.45) is 0 Å². The highest BCUT2D eigenvalue weighted by atomic mass is 16.5. The maximum Gasteiger partial charge on any atom is 0.305 e. The van der Waals surface area contributed by atoms with Gasteiger partial charge in [0.05, 0.1) is 25.4 Å². The van der Waals surface area contributed by atoms with Gasteiger partial charge in [0.1, 0.15) is 0 Å². The van der Waals surface area contributed by atoms with Gasteiger partial charge in [-0.3, -0.25) is 9.59 Å². The molecule has 0 aromatic heterocycles. The fraction of sp³-hybridized carbons (Fsp3) is 0.885. The van der Waals surface area contributed by atoms with E-state index >= 15 is 0 Å². The summed E-state index contributed by atoms with van der Waals surface area (Å²) >= 11 is 0. The summed E-state index contributed by atoms with van der Waals surface area (Å²) in [5.74, 6) is -0.0745. The van der Waals surface area contributed by atoms with Crippen molar-refractivity contribution in [1.29, 1.82) is 0 Å². The Balaban J connectivity index is 3.47. The van der Waals surface area contributed by atoms with Crippen LogP contribution < -0.4 is 5.32 Å². The summed E-state index contributed by atoms with van der Waals surface area (Å²) < 4.78 is 5.46. The van der Waals surface area contributed by atoms with Gasteiger partial charge in [-0.15, -0.1) is 0 Å². The molecule has 0 aliphatic rings. The quantitative estimate of drug-likeness (QED) is 0.0323. The first-order chi connectivity index (χ1) is 28.5. The Morgan fingerprint density at radius 2 is 0.862 bits per heavy atom. The van der Waals surface area contributed by atoms with Crippen LogP contribution in [-0.4, -0.2) is 47.4 Å². The lowest BCUT2D eigenvalue weighted by Gasteiger charge is -2.22. The van der Waals surface area contributed by atoms with E-state index in [4.69, 9.17) is 4.74 Å². The number of aliphatic hydroxyl groups is 2. The van der Waals surface area contributed by atoms with Gasteiger partial charge in [0, 0.05) is 12.8 Å². The van der Waals surface area contributed by atoms with Gasteiger partial charge in [-0.05, 0) is 57.8 Å². The van der Waals surface area contributed by atoms with Crippen LogP contribution in [-0.2, 0) is 14.3 Å². The van der Waals surface area contributed by atoms with Crippen molar-refractivity contribution < 1.29 is 24.5 Å². The van der Waals surface area contributed by atoms with Crippen molar-refractivity contribution >= 4 is 11.9 Å². The molecule has 1 amide bonds. The number of esters is 1. The molecule has 0 fully saturated rings. The van der Waals surface area contributed by atoms with E-state index in [1.807, 2.05) is 0 Å². The highest BCUT2D eigenvalue weighted by molar-refractivity contribution is 5.76. The molecule has 342 valence electrons. The van der Waals surface area contributed by atoms with Crippen molar-refractivity contribution in [3.05, 3.63) is 24.3 Å². The van der Waals surface area contributed by atoms with Crippen molar-refractivity contribution in [3.8, 4) is 0 Å². The van der Waals surface area contributed by atoms with Crippen LogP contribution in [0.5, 0.6) is 0 Å². The van der Waals surface area contributed by atoms with E-state index in [9.17, 15) is 19.8 Å². The minimum absolute atomic E-state index is 0.0228. The standard InChI is InChI=1S/C52H99NO5/c1-3-5-7-9-11-13-15-17-18-19-21-26-30-34-38-42-46-52(57)58-47-43-39-35-31-27-23-22-25-29-33-37-41-45-51(56)53-49(48-54)50(55)44-40-36-32-28-24-20-16-14-12-10-8-6-4-2/h13,15,18-19,49-50,54-55H,3-12,14,16-17,20-48H2,1-2H3,(H,53,56)/b15-13-,19-18-. The molecule has 0 aliphatic carbocycles. The number of nitrogens with one attached hydrogen (secondary N) is 1. The second kappa shape index (κ2) is 48.0. The van der Waals surface area contributed by atoms with E-state index in [1.165, 1.54) is 167 Å². The molecule has 58 heavy (non-hydrogen) atoms.